The maximum atomic E-state index is 11.7. The van der Waals surface area contributed by atoms with Gasteiger partial charge in [-0.25, -0.2) is 0 Å². The van der Waals surface area contributed by atoms with Crippen molar-refractivity contribution in [3.8, 4) is 6.07 Å². The molecule has 1 aliphatic heterocycles. The van der Waals surface area contributed by atoms with Crippen LogP contribution in [0.3, 0.4) is 0 Å². The highest BCUT2D eigenvalue weighted by atomic mass is 16.1. The number of nitriles is 1. The minimum atomic E-state index is 0.135. The summed E-state index contributed by atoms with van der Waals surface area (Å²) in [4.78, 5) is 14.0. The Bertz CT molecular complexity index is 507. The summed E-state index contributed by atoms with van der Waals surface area (Å²) in [6, 6.07) is 9.97. The second-order valence-electron chi connectivity index (χ2n) is 5.56. The highest BCUT2D eigenvalue weighted by Gasteiger charge is 2.12. The molecule has 1 aromatic carbocycles. The van der Waals surface area contributed by atoms with Crippen molar-refractivity contribution >= 4 is 5.91 Å². The molecule has 1 fully saturated rings. The number of hydrogen-bond acceptors (Lipinski definition) is 3. The zero-order valence-corrected chi connectivity index (χ0v) is 12.5. The number of benzene rings is 1. The van der Waals surface area contributed by atoms with Crippen LogP contribution in [-0.4, -0.2) is 30.4 Å². The van der Waals surface area contributed by atoms with E-state index in [1.165, 1.54) is 12.8 Å². The number of hydrogen-bond donors (Lipinski definition) is 1. The van der Waals surface area contributed by atoms with Crippen molar-refractivity contribution in [2.75, 3.05) is 19.6 Å². The van der Waals surface area contributed by atoms with Crippen LogP contribution < -0.4 is 5.32 Å². The number of carbonyl (C=O) groups is 1. The normalized spacial score (nSPS) is 18.3. The van der Waals surface area contributed by atoms with Gasteiger partial charge in [-0.1, -0.05) is 31.0 Å². The molecule has 0 saturated carbocycles. The van der Waals surface area contributed by atoms with Gasteiger partial charge in [-0.05, 0) is 31.0 Å². The third kappa shape index (κ3) is 5.20. The molecule has 0 radical (unpaired) electrons. The first kappa shape index (κ1) is 15.5. The molecule has 21 heavy (non-hydrogen) atoms. The summed E-state index contributed by atoms with van der Waals surface area (Å²) in [5, 5.41) is 12.1. The van der Waals surface area contributed by atoms with E-state index in [1.54, 1.807) is 0 Å². The molecule has 0 aliphatic carbocycles. The standard InChI is InChI=1S/C17H23N3O/c18-13-15-7-3-4-8-16(15)14-20-11-6-2-1-5-10-19-17(21)9-12-20/h3-4,7-8H,1-2,5-6,9-12,14H2,(H,19,21). The van der Waals surface area contributed by atoms with E-state index in [2.05, 4.69) is 16.3 Å². The molecule has 0 bridgehead atoms. The second kappa shape index (κ2) is 8.43. The summed E-state index contributed by atoms with van der Waals surface area (Å²) in [7, 11) is 0. The Hall–Kier alpha value is -1.86. The summed E-state index contributed by atoms with van der Waals surface area (Å²) >= 11 is 0. The lowest BCUT2D eigenvalue weighted by Gasteiger charge is -2.22. The summed E-state index contributed by atoms with van der Waals surface area (Å²) < 4.78 is 0. The first-order valence-electron chi connectivity index (χ1n) is 7.76. The quantitative estimate of drug-likeness (QED) is 0.908. The van der Waals surface area contributed by atoms with Crippen LogP contribution in [0.5, 0.6) is 0 Å². The molecule has 4 heteroatoms. The lowest BCUT2D eigenvalue weighted by Crippen LogP contribution is -2.31. The third-order valence-corrected chi connectivity index (χ3v) is 3.91. The molecule has 1 aromatic rings. The van der Waals surface area contributed by atoms with Crippen molar-refractivity contribution in [3.05, 3.63) is 35.4 Å². The van der Waals surface area contributed by atoms with Crippen LogP contribution in [0.4, 0.5) is 0 Å². The fraction of sp³-hybridized carbons (Fsp3) is 0.529. The van der Waals surface area contributed by atoms with Crippen LogP contribution in [0, 0.1) is 11.3 Å². The van der Waals surface area contributed by atoms with Gasteiger partial charge < -0.3 is 5.32 Å². The summed E-state index contributed by atoms with van der Waals surface area (Å²) in [6.45, 7) is 3.30. The molecule has 1 N–H and O–H groups in total. The van der Waals surface area contributed by atoms with Gasteiger partial charge in [-0.3, -0.25) is 9.69 Å². The van der Waals surface area contributed by atoms with Gasteiger partial charge in [-0.2, -0.15) is 5.26 Å². The molecular weight excluding hydrogens is 262 g/mol. The number of nitrogens with zero attached hydrogens (tertiary/aromatic N) is 2. The number of carbonyl (C=O) groups excluding carboxylic acids is 1. The third-order valence-electron chi connectivity index (χ3n) is 3.91. The SMILES string of the molecule is N#Cc1ccccc1CN1CCCCCCNC(=O)CC1. The van der Waals surface area contributed by atoms with Crippen LogP contribution in [0.25, 0.3) is 0 Å². The Balaban J connectivity index is 2.00. The molecular formula is C17H23N3O. The molecule has 1 heterocycles. The molecule has 2 rings (SSSR count). The van der Waals surface area contributed by atoms with Crippen molar-refractivity contribution in [1.82, 2.24) is 10.2 Å². The monoisotopic (exact) mass is 285 g/mol. The molecule has 1 saturated heterocycles. The van der Waals surface area contributed by atoms with E-state index in [0.717, 1.165) is 50.1 Å². The van der Waals surface area contributed by atoms with E-state index >= 15 is 0 Å². The van der Waals surface area contributed by atoms with Crippen molar-refractivity contribution in [2.24, 2.45) is 0 Å². The van der Waals surface area contributed by atoms with Crippen molar-refractivity contribution in [1.29, 1.82) is 5.26 Å². The van der Waals surface area contributed by atoms with Crippen molar-refractivity contribution in [2.45, 2.75) is 38.6 Å². The lowest BCUT2D eigenvalue weighted by atomic mass is 10.1. The Morgan fingerprint density at radius 1 is 1.14 bits per heavy atom. The van der Waals surface area contributed by atoms with Gasteiger partial charge >= 0.3 is 0 Å². The van der Waals surface area contributed by atoms with Crippen LogP contribution >= 0.6 is 0 Å². The van der Waals surface area contributed by atoms with Crippen LogP contribution in [-0.2, 0) is 11.3 Å². The fourth-order valence-electron chi connectivity index (χ4n) is 2.67. The Labute approximate surface area is 126 Å². The van der Waals surface area contributed by atoms with E-state index in [-0.39, 0.29) is 5.91 Å². The van der Waals surface area contributed by atoms with Crippen LogP contribution in [0.2, 0.25) is 0 Å². The predicted molar refractivity (Wildman–Crippen MR) is 82.5 cm³/mol. The van der Waals surface area contributed by atoms with Gasteiger partial charge in [-0.15, -0.1) is 0 Å². The van der Waals surface area contributed by atoms with Crippen molar-refractivity contribution < 1.29 is 4.79 Å². The molecule has 1 aliphatic rings. The number of nitrogens with one attached hydrogen (secondary N) is 1. The molecule has 1 amide bonds. The first-order chi connectivity index (χ1) is 10.3. The first-order valence-corrected chi connectivity index (χ1v) is 7.76. The van der Waals surface area contributed by atoms with Gasteiger partial charge in [0.1, 0.15) is 0 Å². The molecule has 0 unspecified atom stereocenters. The maximum Gasteiger partial charge on any atom is 0.221 e. The van der Waals surface area contributed by atoms with E-state index in [1.807, 2.05) is 24.3 Å². The highest BCUT2D eigenvalue weighted by molar-refractivity contribution is 5.76. The number of amides is 1. The fourth-order valence-corrected chi connectivity index (χ4v) is 2.67. The highest BCUT2D eigenvalue weighted by Crippen LogP contribution is 2.13. The average molecular weight is 285 g/mol. The molecule has 0 atom stereocenters. The molecule has 0 spiro atoms. The largest absolute Gasteiger partial charge is 0.356 e. The van der Waals surface area contributed by atoms with E-state index in [4.69, 9.17) is 0 Å². The minimum Gasteiger partial charge on any atom is -0.356 e. The average Bonchev–Trinajstić information content (AvgIpc) is 2.55. The Morgan fingerprint density at radius 2 is 1.95 bits per heavy atom. The van der Waals surface area contributed by atoms with Gasteiger partial charge in [0.2, 0.25) is 5.91 Å². The molecule has 0 aromatic heterocycles. The second-order valence-corrected chi connectivity index (χ2v) is 5.56. The smallest absolute Gasteiger partial charge is 0.221 e. The van der Waals surface area contributed by atoms with Crippen molar-refractivity contribution in [3.63, 3.8) is 0 Å². The van der Waals surface area contributed by atoms with Gasteiger partial charge in [0.15, 0.2) is 0 Å². The topological polar surface area (TPSA) is 56.1 Å². The Morgan fingerprint density at radius 3 is 2.81 bits per heavy atom. The van der Waals surface area contributed by atoms with Crippen LogP contribution in [0.15, 0.2) is 24.3 Å². The zero-order chi connectivity index (χ0) is 14.9. The molecule has 4 nitrogen and oxygen atoms in total. The van der Waals surface area contributed by atoms with E-state index < -0.39 is 0 Å². The lowest BCUT2D eigenvalue weighted by molar-refractivity contribution is -0.121. The summed E-state index contributed by atoms with van der Waals surface area (Å²) in [6.07, 6.45) is 5.13. The van der Waals surface area contributed by atoms with Gasteiger partial charge in [0, 0.05) is 26.1 Å². The Kier molecular flexibility index (Phi) is 6.23. The molecule has 112 valence electrons. The summed E-state index contributed by atoms with van der Waals surface area (Å²) in [5.74, 6) is 0.135. The van der Waals surface area contributed by atoms with E-state index in [9.17, 15) is 10.1 Å². The van der Waals surface area contributed by atoms with Gasteiger partial charge in [0.05, 0.1) is 11.6 Å². The minimum absolute atomic E-state index is 0.135. The predicted octanol–water partition coefficient (Wildman–Crippen LogP) is 2.44. The maximum absolute atomic E-state index is 11.7. The van der Waals surface area contributed by atoms with Crippen LogP contribution in [0.1, 0.15) is 43.2 Å². The summed E-state index contributed by atoms with van der Waals surface area (Å²) in [5.41, 5.74) is 1.78. The zero-order valence-electron chi connectivity index (χ0n) is 12.5. The van der Waals surface area contributed by atoms with E-state index in [0.29, 0.717) is 6.42 Å². The van der Waals surface area contributed by atoms with Gasteiger partial charge in [0.25, 0.3) is 0 Å². The number of rotatable bonds is 2.